The molecule has 0 unspecified atom stereocenters. The van der Waals surface area contributed by atoms with Gasteiger partial charge in [-0.1, -0.05) is 24.2 Å². The van der Waals surface area contributed by atoms with Crippen molar-refractivity contribution in [3.63, 3.8) is 0 Å². The monoisotopic (exact) mass is 505 g/mol. The zero-order valence-corrected chi connectivity index (χ0v) is 19.0. The molecule has 0 aliphatic heterocycles. The number of guanidine groups is 1. The number of rotatable bonds is 9. The molecule has 0 aromatic carbocycles. The van der Waals surface area contributed by atoms with Gasteiger partial charge < -0.3 is 19.9 Å². The van der Waals surface area contributed by atoms with Crippen molar-refractivity contribution in [2.45, 2.75) is 53.2 Å². The molecule has 10 nitrogen and oxygen atoms in total. The number of carbonyl (C=O) groups excluding carboxylic acids is 1. The van der Waals surface area contributed by atoms with Gasteiger partial charge in [0.1, 0.15) is 18.0 Å². The van der Waals surface area contributed by atoms with E-state index in [2.05, 4.69) is 35.8 Å². The van der Waals surface area contributed by atoms with Crippen LogP contribution in [0.15, 0.2) is 15.7 Å². The van der Waals surface area contributed by atoms with E-state index in [-0.39, 0.29) is 36.5 Å². The van der Waals surface area contributed by atoms with Crippen molar-refractivity contribution >= 4 is 35.9 Å². The zero-order valence-electron chi connectivity index (χ0n) is 16.7. The second kappa shape index (κ2) is 12.3. The van der Waals surface area contributed by atoms with Crippen LogP contribution >= 0.6 is 24.0 Å². The lowest BCUT2D eigenvalue weighted by molar-refractivity contribution is -0.141. The Hall–Kier alpha value is -2.18. The fourth-order valence-corrected chi connectivity index (χ4v) is 2.48. The van der Waals surface area contributed by atoms with Gasteiger partial charge in [0, 0.05) is 18.5 Å². The fraction of sp³-hybridized carbons (Fsp3) is 0.588. The molecule has 0 saturated heterocycles. The third-order valence-corrected chi connectivity index (χ3v) is 3.89. The van der Waals surface area contributed by atoms with Crippen LogP contribution in [0.2, 0.25) is 0 Å². The van der Waals surface area contributed by atoms with E-state index < -0.39 is 0 Å². The number of hydrogen-bond acceptors (Lipinski definition) is 7. The van der Waals surface area contributed by atoms with Crippen molar-refractivity contribution in [3.8, 4) is 0 Å². The molecule has 0 radical (unpaired) electrons. The Labute approximate surface area is 181 Å². The molecule has 156 valence electrons. The standard InChI is InChI=1S/C17H27N7O3.HI/c1-5-14-13(15(6-2)27-22-14)9-20-17(18-7-3)19-8-12-10-24(23-21-12)11-16(25)26-4;/h10H,5-9,11H2,1-4H3,(H2,18,19,20);1H. The van der Waals surface area contributed by atoms with E-state index in [9.17, 15) is 4.79 Å². The lowest BCUT2D eigenvalue weighted by Gasteiger charge is -2.10. The van der Waals surface area contributed by atoms with Crippen LogP contribution < -0.4 is 10.6 Å². The van der Waals surface area contributed by atoms with Gasteiger partial charge in [0.05, 0.1) is 32.1 Å². The van der Waals surface area contributed by atoms with Crippen molar-refractivity contribution < 1.29 is 14.1 Å². The first-order chi connectivity index (χ1) is 13.1. The molecule has 0 atom stereocenters. The molecule has 0 bridgehead atoms. The largest absolute Gasteiger partial charge is 0.468 e. The number of esters is 1. The van der Waals surface area contributed by atoms with Gasteiger partial charge >= 0.3 is 5.97 Å². The van der Waals surface area contributed by atoms with E-state index in [1.54, 1.807) is 6.20 Å². The number of ether oxygens (including phenoxy) is 1. The summed E-state index contributed by atoms with van der Waals surface area (Å²) in [7, 11) is 1.34. The number of aryl methyl sites for hydroxylation is 2. The summed E-state index contributed by atoms with van der Waals surface area (Å²) in [5.74, 6) is 1.16. The summed E-state index contributed by atoms with van der Waals surface area (Å²) < 4.78 is 11.4. The maximum absolute atomic E-state index is 11.3. The van der Waals surface area contributed by atoms with Crippen LogP contribution in [0.4, 0.5) is 0 Å². The van der Waals surface area contributed by atoms with Crippen molar-refractivity contribution in [1.82, 2.24) is 30.8 Å². The summed E-state index contributed by atoms with van der Waals surface area (Å²) in [6, 6.07) is 0. The number of halogens is 1. The average Bonchev–Trinajstić information content (AvgIpc) is 3.29. The maximum atomic E-state index is 11.3. The highest BCUT2D eigenvalue weighted by Gasteiger charge is 2.13. The number of methoxy groups -OCH3 is 1. The molecule has 0 spiro atoms. The lowest BCUT2D eigenvalue weighted by atomic mass is 10.1. The van der Waals surface area contributed by atoms with Crippen LogP contribution in [0.25, 0.3) is 0 Å². The SMILES string of the molecule is CCNC(=NCc1c(CC)noc1CC)NCc1cn(CC(=O)OC)nn1.I. The number of aromatic nitrogens is 4. The Morgan fingerprint density at radius 1 is 1.29 bits per heavy atom. The zero-order chi connectivity index (χ0) is 19.6. The second-order valence-electron chi connectivity index (χ2n) is 5.77. The van der Waals surface area contributed by atoms with Crippen LogP contribution in [-0.2, 0) is 42.0 Å². The summed E-state index contributed by atoms with van der Waals surface area (Å²) in [6.07, 6.45) is 3.28. The molecule has 28 heavy (non-hydrogen) atoms. The van der Waals surface area contributed by atoms with E-state index in [1.807, 2.05) is 20.8 Å². The molecule has 2 rings (SSSR count). The minimum absolute atomic E-state index is 0. The van der Waals surface area contributed by atoms with Crippen LogP contribution in [0, 0.1) is 0 Å². The minimum Gasteiger partial charge on any atom is -0.468 e. The van der Waals surface area contributed by atoms with E-state index in [1.165, 1.54) is 11.8 Å². The number of aliphatic imine (C=N–C) groups is 1. The van der Waals surface area contributed by atoms with Gasteiger partial charge in [-0.2, -0.15) is 0 Å². The smallest absolute Gasteiger partial charge is 0.327 e. The molecule has 0 amide bonds. The molecule has 0 aliphatic carbocycles. The molecule has 0 saturated carbocycles. The van der Waals surface area contributed by atoms with E-state index >= 15 is 0 Å². The Balaban J connectivity index is 0.00000392. The number of hydrogen-bond donors (Lipinski definition) is 2. The van der Waals surface area contributed by atoms with E-state index in [4.69, 9.17) is 4.52 Å². The van der Waals surface area contributed by atoms with E-state index in [0.717, 1.165) is 36.4 Å². The molecule has 2 aromatic heterocycles. The molecular weight excluding hydrogens is 477 g/mol. The quantitative estimate of drug-likeness (QED) is 0.228. The summed E-state index contributed by atoms with van der Waals surface area (Å²) in [4.78, 5) is 15.9. The summed E-state index contributed by atoms with van der Waals surface area (Å²) >= 11 is 0. The molecule has 2 N–H and O–H groups in total. The van der Waals surface area contributed by atoms with Gasteiger partial charge in [-0.05, 0) is 13.3 Å². The Bertz CT molecular complexity index is 751. The van der Waals surface area contributed by atoms with Gasteiger partial charge in [-0.15, -0.1) is 29.1 Å². The third-order valence-electron chi connectivity index (χ3n) is 3.89. The number of carbonyl (C=O) groups is 1. The average molecular weight is 505 g/mol. The predicted molar refractivity (Wildman–Crippen MR) is 114 cm³/mol. The van der Waals surface area contributed by atoms with Gasteiger partial charge in [-0.25, -0.2) is 9.67 Å². The van der Waals surface area contributed by atoms with Gasteiger partial charge in [0.15, 0.2) is 5.96 Å². The topological polar surface area (TPSA) is 119 Å². The van der Waals surface area contributed by atoms with Crippen molar-refractivity contribution in [2.24, 2.45) is 4.99 Å². The normalized spacial score (nSPS) is 11.1. The van der Waals surface area contributed by atoms with Gasteiger partial charge in [0.2, 0.25) is 0 Å². The van der Waals surface area contributed by atoms with Crippen molar-refractivity contribution in [3.05, 3.63) is 28.9 Å². The van der Waals surface area contributed by atoms with Crippen LogP contribution in [0.3, 0.4) is 0 Å². The Morgan fingerprint density at radius 2 is 2.07 bits per heavy atom. The van der Waals surface area contributed by atoms with Crippen molar-refractivity contribution in [1.29, 1.82) is 0 Å². The third kappa shape index (κ3) is 6.77. The number of nitrogens with one attached hydrogen (secondary N) is 2. The number of nitrogens with zero attached hydrogens (tertiary/aromatic N) is 5. The fourth-order valence-electron chi connectivity index (χ4n) is 2.48. The predicted octanol–water partition coefficient (Wildman–Crippen LogP) is 1.44. The second-order valence-corrected chi connectivity index (χ2v) is 5.77. The Kier molecular flexibility index (Phi) is 10.5. The van der Waals surface area contributed by atoms with Crippen LogP contribution in [-0.4, -0.2) is 45.7 Å². The molecule has 0 aliphatic rings. The first-order valence-corrected chi connectivity index (χ1v) is 9.05. The summed E-state index contributed by atoms with van der Waals surface area (Å²) in [5.41, 5.74) is 2.68. The lowest BCUT2D eigenvalue weighted by Crippen LogP contribution is -2.36. The van der Waals surface area contributed by atoms with Gasteiger partial charge in [-0.3, -0.25) is 4.79 Å². The highest BCUT2D eigenvalue weighted by atomic mass is 127. The highest BCUT2D eigenvalue weighted by Crippen LogP contribution is 2.16. The van der Waals surface area contributed by atoms with Crippen LogP contribution in [0.5, 0.6) is 0 Å². The van der Waals surface area contributed by atoms with Gasteiger partial charge in [0.25, 0.3) is 0 Å². The first-order valence-electron chi connectivity index (χ1n) is 9.05. The molecule has 0 fully saturated rings. The molecule has 2 heterocycles. The summed E-state index contributed by atoms with van der Waals surface area (Å²) in [5, 5.41) is 18.5. The van der Waals surface area contributed by atoms with Crippen LogP contribution in [0.1, 0.15) is 43.5 Å². The first kappa shape index (κ1) is 23.9. The Morgan fingerprint density at radius 3 is 2.71 bits per heavy atom. The molecule has 11 heteroatoms. The van der Waals surface area contributed by atoms with E-state index in [0.29, 0.717) is 24.7 Å². The van der Waals surface area contributed by atoms with Crippen molar-refractivity contribution in [2.75, 3.05) is 13.7 Å². The maximum Gasteiger partial charge on any atom is 0.327 e. The highest BCUT2D eigenvalue weighted by molar-refractivity contribution is 14.0. The minimum atomic E-state index is -0.374. The molecule has 2 aromatic rings. The molecular formula is C17H28IN7O3. The summed E-state index contributed by atoms with van der Waals surface area (Å²) in [6.45, 7) is 7.76.